The van der Waals surface area contributed by atoms with E-state index in [2.05, 4.69) is 4.72 Å². The molecule has 4 nitrogen and oxygen atoms in total. The van der Waals surface area contributed by atoms with Crippen molar-refractivity contribution < 1.29 is 13.2 Å². The molecule has 1 fully saturated rings. The second-order valence-corrected chi connectivity index (χ2v) is 5.58. The molecule has 84 valence electrons. The maximum atomic E-state index is 11.3. The topological polar surface area (TPSA) is 55.4 Å². The number of hydrogen-bond acceptors (Lipinski definition) is 3. The molecule has 0 radical (unpaired) electrons. The van der Waals surface area contributed by atoms with Gasteiger partial charge in [0.25, 0.3) is 0 Å². The van der Waals surface area contributed by atoms with E-state index in [4.69, 9.17) is 4.74 Å². The Labute approximate surface area is 86.1 Å². The highest BCUT2D eigenvalue weighted by molar-refractivity contribution is 7.89. The largest absolute Gasteiger partial charge is 0.377 e. The standard InChI is InChI=1S/C9H19NO3S/c1-2-7-14(11,12)10-8-9-5-3-4-6-13-9/h9-10H,2-8H2,1H3. The van der Waals surface area contributed by atoms with Crippen molar-refractivity contribution in [3.8, 4) is 0 Å². The minimum absolute atomic E-state index is 0.0791. The van der Waals surface area contributed by atoms with Crippen LogP contribution < -0.4 is 4.72 Å². The highest BCUT2D eigenvalue weighted by atomic mass is 32.2. The average molecular weight is 221 g/mol. The van der Waals surface area contributed by atoms with Gasteiger partial charge in [0.2, 0.25) is 10.0 Å². The molecule has 1 aliphatic rings. The molecule has 0 aromatic rings. The Morgan fingerprint density at radius 2 is 2.21 bits per heavy atom. The van der Waals surface area contributed by atoms with Crippen molar-refractivity contribution in [2.45, 2.75) is 38.7 Å². The van der Waals surface area contributed by atoms with E-state index in [0.717, 1.165) is 25.9 Å². The van der Waals surface area contributed by atoms with Crippen molar-refractivity contribution in [1.29, 1.82) is 0 Å². The third-order valence-corrected chi connectivity index (χ3v) is 3.83. The first-order valence-electron chi connectivity index (χ1n) is 5.23. The zero-order valence-electron chi connectivity index (χ0n) is 8.66. The third kappa shape index (κ3) is 4.39. The van der Waals surface area contributed by atoms with Gasteiger partial charge >= 0.3 is 0 Å². The molecule has 1 unspecified atom stereocenters. The maximum absolute atomic E-state index is 11.3. The fourth-order valence-electron chi connectivity index (χ4n) is 1.53. The molecule has 14 heavy (non-hydrogen) atoms. The smallest absolute Gasteiger partial charge is 0.211 e. The molecule has 0 spiro atoms. The summed E-state index contributed by atoms with van der Waals surface area (Å²) in [5.74, 6) is 0.208. The molecule has 1 aliphatic heterocycles. The second-order valence-electron chi connectivity index (χ2n) is 3.66. The van der Waals surface area contributed by atoms with Crippen LogP contribution in [0.5, 0.6) is 0 Å². The first-order chi connectivity index (χ1) is 6.64. The van der Waals surface area contributed by atoms with Gasteiger partial charge in [-0.3, -0.25) is 0 Å². The summed E-state index contributed by atoms with van der Waals surface area (Å²) in [5, 5.41) is 0. The van der Waals surface area contributed by atoms with E-state index in [1.54, 1.807) is 0 Å². The summed E-state index contributed by atoms with van der Waals surface area (Å²) in [6.45, 7) is 3.05. The van der Waals surface area contributed by atoms with E-state index in [1.807, 2.05) is 6.92 Å². The molecule has 1 rings (SSSR count). The van der Waals surface area contributed by atoms with Crippen LogP contribution in [0.3, 0.4) is 0 Å². The lowest BCUT2D eigenvalue weighted by atomic mass is 10.1. The summed E-state index contributed by atoms with van der Waals surface area (Å²) in [6, 6.07) is 0. The quantitative estimate of drug-likeness (QED) is 0.750. The van der Waals surface area contributed by atoms with Gasteiger partial charge in [-0.2, -0.15) is 0 Å². The lowest BCUT2D eigenvalue weighted by molar-refractivity contribution is 0.0200. The number of nitrogens with one attached hydrogen (secondary N) is 1. The van der Waals surface area contributed by atoms with Crippen molar-refractivity contribution in [2.75, 3.05) is 18.9 Å². The summed E-state index contributed by atoms with van der Waals surface area (Å²) in [5.41, 5.74) is 0. The molecule has 1 heterocycles. The molecule has 1 N–H and O–H groups in total. The lowest BCUT2D eigenvalue weighted by Crippen LogP contribution is -2.36. The Bertz CT molecular complexity index is 245. The van der Waals surface area contributed by atoms with Gasteiger partial charge in [0, 0.05) is 13.2 Å². The summed E-state index contributed by atoms with van der Waals surface area (Å²) in [7, 11) is -3.06. The Hall–Kier alpha value is -0.130. The number of hydrogen-bond donors (Lipinski definition) is 1. The van der Waals surface area contributed by atoms with Crippen LogP contribution in [0.2, 0.25) is 0 Å². The van der Waals surface area contributed by atoms with Crippen LogP contribution in [-0.2, 0) is 14.8 Å². The Morgan fingerprint density at radius 1 is 1.43 bits per heavy atom. The first kappa shape index (κ1) is 11.9. The lowest BCUT2D eigenvalue weighted by Gasteiger charge is -2.22. The van der Waals surface area contributed by atoms with Crippen LogP contribution in [0.1, 0.15) is 32.6 Å². The van der Waals surface area contributed by atoms with Gasteiger partial charge in [-0.15, -0.1) is 0 Å². The second kappa shape index (κ2) is 5.68. The van der Waals surface area contributed by atoms with E-state index < -0.39 is 10.0 Å². The fourth-order valence-corrected chi connectivity index (χ4v) is 2.65. The third-order valence-electron chi connectivity index (χ3n) is 2.28. The molecule has 0 bridgehead atoms. The van der Waals surface area contributed by atoms with E-state index in [9.17, 15) is 8.42 Å². The molecular weight excluding hydrogens is 202 g/mol. The first-order valence-corrected chi connectivity index (χ1v) is 6.88. The van der Waals surface area contributed by atoms with Gasteiger partial charge in [0.15, 0.2) is 0 Å². The van der Waals surface area contributed by atoms with E-state index in [1.165, 1.54) is 0 Å². The Balaban J connectivity index is 2.24. The highest BCUT2D eigenvalue weighted by Gasteiger charge is 2.16. The fraction of sp³-hybridized carbons (Fsp3) is 1.00. The van der Waals surface area contributed by atoms with E-state index >= 15 is 0 Å². The van der Waals surface area contributed by atoms with Crippen molar-refractivity contribution >= 4 is 10.0 Å². The SMILES string of the molecule is CCCS(=O)(=O)NCC1CCCCO1. The van der Waals surface area contributed by atoms with Crippen LogP contribution in [0.25, 0.3) is 0 Å². The normalized spacial score (nSPS) is 23.6. The summed E-state index contributed by atoms with van der Waals surface area (Å²) >= 11 is 0. The monoisotopic (exact) mass is 221 g/mol. The van der Waals surface area contributed by atoms with E-state index in [0.29, 0.717) is 13.0 Å². The molecule has 1 saturated heterocycles. The molecule has 0 amide bonds. The van der Waals surface area contributed by atoms with Crippen LogP contribution in [0.15, 0.2) is 0 Å². The summed E-state index contributed by atoms with van der Waals surface area (Å²) in [6.07, 6.45) is 3.93. The van der Waals surface area contributed by atoms with E-state index in [-0.39, 0.29) is 11.9 Å². The average Bonchev–Trinajstić information content (AvgIpc) is 2.17. The van der Waals surface area contributed by atoms with Gasteiger partial charge < -0.3 is 4.74 Å². The minimum Gasteiger partial charge on any atom is -0.377 e. The Kier molecular flexibility index (Phi) is 4.84. The molecule has 0 aromatic heterocycles. The van der Waals surface area contributed by atoms with Gasteiger partial charge in [0.05, 0.1) is 11.9 Å². The number of ether oxygens (including phenoxy) is 1. The molecule has 0 aliphatic carbocycles. The van der Waals surface area contributed by atoms with Crippen LogP contribution >= 0.6 is 0 Å². The van der Waals surface area contributed by atoms with Gasteiger partial charge in [-0.25, -0.2) is 13.1 Å². The van der Waals surface area contributed by atoms with Gasteiger partial charge in [0.1, 0.15) is 0 Å². The number of sulfonamides is 1. The van der Waals surface area contributed by atoms with Gasteiger partial charge in [-0.1, -0.05) is 6.92 Å². The maximum Gasteiger partial charge on any atom is 0.211 e. The van der Waals surface area contributed by atoms with Crippen LogP contribution in [0, 0.1) is 0 Å². The molecule has 5 heteroatoms. The molecule has 0 aromatic carbocycles. The van der Waals surface area contributed by atoms with Crippen molar-refractivity contribution in [2.24, 2.45) is 0 Å². The van der Waals surface area contributed by atoms with Gasteiger partial charge in [-0.05, 0) is 25.7 Å². The molecular formula is C9H19NO3S. The van der Waals surface area contributed by atoms with Crippen molar-refractivity contribution in [1.82, 2.24) is 4.72 Å². The zero-order valence-corrected chi connectivity index (χ0v) is 9.48. The zero-order chi connectivity index (χ0) is 10.4. The molecule has 0 saturated carbocycles. The minimum atomic E-state index is -3.06. The Morgan fingerprint density at radius 3 is 2.79 bits per heavy atom. The van der Waals surface area contributed by atoms with Crippen molar-refractivity contribution in [3.05, 3.63) is 0 Å². The highest BCUT2D eigenvalue weighted by Crippen LogP contribution is 2.11. The van der Waals surface area contributed by atoms with Crippen molar-refractivity contribution in [3.63, 3.8) is 0 Å². The van der Waals surface area contributed by atoms with Crippen LogP contribution in [-0.4, -0.2) is 33.4 Å². The predicted octanol–water partition coefficient (Wildman–Crippen LogP) is 0.885. The summed E-state index contributed by atoms with van der Waals surface area (Å²) in [4.78, 5) is 0. The summed E-state index contributed by atoms with van der Waals surface area (Å²) < 4.78 is 30.6. The van der Waals surface area contributed by atoms with Crippen LogP contribution in [0.4, 0.5) is 0 Å². The molecule has 1 atom stereocenters. The predicted molar refractivity (Wildman–Crippen MR) is 55.7 cm³/mol. The number of rotatable bonds is 5.